The summed E-state index contributed by atoms with van der Waals surface area (Å²) < 4.78 is 6.55. The topological polar surface area (TPSA) is 51.8 Å². The van der Waals surface area contributed by atoms with Crippen LogP contribution in [0, 0.1) is 0 Å². The van der Waals surface area contributed by atoms with E-state index in [0.29, 0.717) is 23.1 Å². The Hall–Kier alpha value is -7.43. The lowest BCUT2D eigenvalue weighted by atomic mass is 9.67. The van der Waals surface area contributed by atoms with E-state index in [4.69, 9.17) is 19.4 Å². The van der Waals surface area contributed by atoms with E-state index in [1.54, 1.807) is 0 Å². The van der Waals surface area contributed by atoms with Crippen molar-refractivity contribution in [2.75, 3.05) is 0 Å². The van der Waals surface area contributed by atoms with E-state index in [1.165, 1.54) is 27.8 Å². The molecule has 0 atom stereocenters. The molecule has 0 fully saturated rings. The van der Waals surface area contributed by atoms with Gasteiger partial charge in [0.1, 0.15) is 11.3 Å². The molecule has 2 heterocycles. The molecule has 0 spiro atoms. The largest absolute Gasteiger partial charge is 0.455 e. The van der Waals surface area contributed by atoms with Crippen LogP contribution in [0.1, 0.15) is 40.5 Å². The molecule has 7 aromatic carbocycles. The van der Waals surface area contributed by atoms with Gasteiger partial charge in [0.25, 0.3) is 0 Å². The van der Waals surface area contributed by atoms with Crippen LogP contribution in [-0.4, -0.2) is 15.0 Å². The number of fused-ring (bicyclic) bond motifs is 4. The van der Waals surface area contributed by atoms with Crippen LogP contribution in [-0.2, 0) is 5.41 Å². The van der Waals surface area contributed by atoms with Crippen molar-refractivity contribution in [1.82, 2.24) is 15.0 Å². The van der Waals surface area contributed by atoms with Crippen LogP contribution in [0.4, 0.5) is 0 Å². The van der Waals surface area contributed by atoms with Crippen molar-refractivity contribution in [3.05, 3.63) is 222 Å². The Kier molecular flexibility index (Phi) is 8.38. The highest BCUT2D eigenvalue weighted by atomic mass is 16.3. The van der Waals surface area contributed by atoms with E-state index in [2.05, 4.69) is 140 Å². The average molecular weight is 732 g/mol. The molecule has 270 valence electrons. The fraction of sp³-hybridized carbons (Fsp3) is 0.0377. The molecule has 9 aromatic rings. The van der Waals surface area contributed by atoms with Crippen molar-refractivity contribution < 1.29 is 4.42 Å². The summed E-state index contributed by atoms with van der Waals surface area (Å²) in [6, 6.07) is 62.1. The molecular weight excluding hydrogens is 695 g/mol. The van der Waals surface area contributed by atoms with Crippen molar-refractivity contribution in [1.29, 1.82) is 0 Å². The van der Waals surface area contributed by atoms with Gasteiger partial charge in [0.15, 0.2) is 17.5 Å². The molecule has 4 heteroatoms. The van der Waals surface area contributed by atoms with Gasteiger partial charge in [0.2, 0.25) is 0 Å². The zero-order chi connectivity index (χ0) is 38.3. The van der Waals surface area contributed by atoms with Crippen molar-refractivity contribution in [3.63, 3.8) is 0 Å². The fourth-order valence-electron chi connectivity index (χ4n) is 8.68. The first-order valence-corrected chi connectivity index (χ1v) is 19.3. The maximum absolute atomic E-state index is 6.55. The number of allylic oxidation sites excluding steroid dienone is 1. The number of benzene rings is 7. The number of para-hydroxylation sites is 1. The minimum absolute atomic E-state index is 0.531. The van der Waals surface area contributed by atoms with Gasteiger partial charge < -0.3 is 4.42 Å². The van der Waals surface area contributed by atoms with Gasteiger partial charge in [-0.3, -0.25) is 0 Å². The van der Waals surface area contributed by atoms with Crippen molar-refractivity contribution >= 4 is 23.1 Å². The molecule has 1 aliphatic carbocycles. The molecule has 0 bridgehead atoms. The molecule has 1 aliphatic rings. The summed E-state index contributed by atoms with van der Waals surface area (Å²) in [5.41, 5.74) is 13.0. The Morgan fingerprint density at radius 1 is 0.491 bits per heavy atom. The van der Waals surface area contributed by atoms with Gasteiger partial charge in [0, 0.05) is 22.1 Å². The van der Waals surface area contributed by atoms with Crippen molar-refractivity contribution in [2.45, 2.75) is 12.3 Å². The Labute approximate surface area is 332 Å². The summed E-state index contributed by atoms with van der Waals surface area (Å²) in [7, 11) is 0. The Balaban J connectivity index is 1.30. The standard InChI is InChI=1S/C53H37N3O/c1-3-20-48-39(4-2)41-30-19-31-42(49(41)57-48)51-54-50(36-23-11-6-12-24-36)55-52(56-51)45-33-44-40-29-17-18-32-46(40)53(37-25-13-7-14-26-37,38-27-15-8-16-28-38)47(44)34-43(45)35-21-9-5-10-22-35/h3-34H,2H2,1H3/b20-3-. The third-order valence-corrected chi connectivity index (χ3v) is 11.1. The van der Waals surface area contributed by atoms with E-state index in [0.717, 1.165) is 50.1 Å². The molecule has 0 radical (unpaired) electrons. The monoisotopic (exact) mass is 731 g/mol. The minimum Gasteiger partial charge on any atom is -0.455 e. The zero-order valence-corrected chi connectivity index (χ0v) is 31.4. The lowest BCUT2D eigenvalue weighted by Gasteiger charge is -2.34. The second-order valence-corrected chi connectivity index (χ2v) is 14.3. The van der Waals surface area contributed by atoms with E-state index in [1.807, 2.05) is 67.6 Å². The molecule has 4 nitrogen and oxygen atoms in total. The van der Waals surface area contributed by atoms with Gasteiger partial charge in [-0.25, -0.2) is 15.0 Å². The van der Waals surface area contributed by atoms with Crippen LogP contribution >= 0.6 is 0 Å². The van der Waals surface area contributed by atoms with Crippen molar-refractivity contribution in [3.8, 4) is 56.4 Å². The van der Waals surface area contributed by atoms with Gasteiger partial charge in [-0.2, -0.15) is 0 Å². The summed E-state index contributed by atoms with van der Waals surface area (Å²) in [5.74, 6) is 2.44. The molecule has 0 aliphatic heterocycles. The summed E-state index contributed by atoms with van der Waals surface area (Å²) in [5, 5.41) is 0.955. The highest BCUT2D eigenvalue weighted by Gasteiger charge is 2.46. The molecule has 0 amide bonds. The lowest BCUT2D eigenvalue weighted by Crippen LogP contribution is -2.28. The SMILES string of the molecule is C=Cc1c(/C=C\C)oc2c(-c3nc(-c4ccccc4)nc(-c4cc5c(cc4-c4ccccc4)C(c4ccccc4)(c4ccccc4)c4ccccc4-5)n3)cccc12. The van der Waals surface area contributed by atoms with Crippen LogP contribution in [0.25, 0.3) is 79.5 Å². The summed E-state index contributed by atoms with van der Waals surface area (Å²) in [4.78, 5) is 15.8. The maximum atomic E-state index is 6.55. The molecule has 2 aromatic heterocycles. The summed E-state index contributed by atoms with van der Waals surface area (Å²) >= 11 is 0. The third-order valence-electron chi connectivity index (χ3n) is 11.1. The molecule has 0 saturated heterocycles. The average Bonchev–Trinajstić information content (AvgIpc) is 3.79. The number of furan rings is 1. The molecular formula is C53H37N3O. The number of aromatic nitrogens is 3. The fourth-order valence-corrected chi connectivity index (χ4v) is 8.68. The highest BCUT2D eigenvalue weighted by Crippen LogP contribution is 2.58. The number of hydrogen-bond donors (Lipinski definition) is 0. The minimum atomic E-state index is -0.557. The normalized spacial score (nSPS) is 12.8. The number of hydrogen-bond acceptors (Lipinski definition) is 4. The second-order valence-electron chi connectivity index (χ2n) is 14.3. The molecule has 10 rings (SSSR count). The van der Waals surface area contributed by atoms with Crippen LogP contribution in [0.5, 0.6) is 0 Å². The summed E-state index contributed by atoms with van der Waals surface area (Å²) in [6.45, 7) is 6.08. The third kappa shape index (κ3) is 5.49. The van der Waals surface area contributed by atoms with E-state index in [-0.39, 0.29) is 0 Å². The van der Waals surface area contributed by atoms with Gasteiger partial charge in [-0.1, -0.05) is 176 Å². The van der Waals surface area contributed by atoms with E-state index < -0.39 is 5.41 Å². The first kappa shape index (κ1) is 34.1. The molecule has 57 heavy (non-hydrogen) atoms. The Bertz CT molecular complexity index is 2930. The predicted octanol–water partition coefficient (Wildman–Crippen LogP) is 13.3. The van der Waals surface area contributed by atoms with Crippen molar-refractivity contribution in [2.24, 2.45) is 0 Å². The lowest BCUT2D eigenvalue weighted by molar-refractivity contribution is 0.604. The van der Waals surface area contributed by atoms with Gasteiger partial charge in [0.05, 0.1) is 11.0 Å². The second kappa shape index (κ2) is 14.0. The van der Waals surface area contributed by atoms with Crippen LogP contribution < -0.4 is 0 Å². The maximum Gasteiger partial charge on any atom is 0.167 e. The first-order chi connectivity index (χ1) is 28.2. The first-order valence-electron chi connectivity index (χ1n) is 19.3. The molecule has 0 saturated carbocycles. The van der Waals surface area contributed by atoms with Crippen LogP contribution in [0.15, 0.2) is 193 Å². The number of rotatable bonds is 8. The van der Waals surface area contributed by atoms with Crippen LogP contribution in [0.3, 0.4) is 0 Å². The van der Waals surface area contributed by atoms with Gasteiger partial charge in [-0.05, 0) is 75.7 Å². The Morgan fingerprint density at radius 3 is 1.70 bits per heavy atom. The molecule has 0 N–H and O–H groups in total. The van der Waals surface area contributed by atoms with Crippen LogP contribution in [0.2, 0.25) is 0 Å². The van der Waals surface area contributed by atoms with Gasteiger partial charge in [-0.15, -0.1) is 0 Å². The quantitative estimate of drug-likeness (QED) is 0.156. The smallest absolute Gasteiger partial charge is 0.167 e. The highest BCUT2D eigenvalue weighted by molar-refractivity contribution is 5.99. The van der Waals surface area contributed by atoms with E-state index >= 15 is 0 Å². The molecule has 0 unspecified atom stereocenters. The summed E-state index contributed by atoms with van der Waals surface area (Å²) in [6.07, 6.45) is 5.79. The zero-order valence-electron chi connectivity index (χ0n) is 31.4. The van der Waals surface area contributed by atoms with Gasteiger partial charge >= 0.3 is 0 Å². The predicted molar refractivity (Wildman–Crippen MR) is 233 cm³/mol. The Morgan fingerprint density at radius 2 is 1.05 bits per heavy atom. The van der Waals surface area contributed by atoms with E-state index in [9.17, 15) is 0 Å². The number of nitrogens with zero attached hydrogens (tertiary/aromatic N) is 3.